The van der Waals surface area contributed by atoms with Gasteiger partial charge in [0.2, 0.25) is 0 Å². The molecule has 0 bridgehead atoms. The summed E-state index contributed by atoms with van der Waals surface area (Å²) in [5.41, 5.74) is 0. The quantitative estimate of drug-likeness (QED) is 0.0806. The Bertz CT molecular complexity index is 361. The molecule has 238 valence electrons. The third kappa shape index (κ3) is 37.9. The Morgan fingerprint density at radius 2 is 0.410 bits per heavy atom. The normalized spacial score (nSPS) is 11.4. The van der Waals surface area contributed by atoms with Crippen molar-refractivity contribution in [3.63, 3.8) is 0 Å². The zero-order valence-electron chi connectivity index (χ0n) is 28.2. The summed E-state index contributed by atoms with van der Waals surface area (Å²) in [6.07, 6.45) is 46.8. The highest BCUT2D eigenvalue weighted by Gasteiger charge is 2.00. The minimum absolute atomic E-state index is 0. The summed E-state index contributed by atoms with van der Waals surface area (Å²) in [5.74, 6) is 0. The molecule has 0 fully saturated rings. The lowest BCUT2D eigenvalue weighted by atomic mass is 10.0. The van der Waals surface area contributed by atoms with Gasteiger partial charge in [0.05, 0.1) is 0 Å². The Kier molecular flexibility index (Phi) is 39.9. The molecule has 0 aliphatic heterocycles. The fourth-order valence-corrected chi connectivity index (χ4v) is 5.97. The molecule has 0 aromatic rings. The van der Waals surface area contributed by atoms with Crippen LogP contribution in [0.4, 0.5) is 0 Å². The van der Waals surface area contributed by atoms with Crippen LogP contribution in [0.1, 0.15) is 219 Å². The number of unbranched alkanes of at least 4 members (excludes halogenated alkanes) is 30. The Balaban J connectivity index is 0. The molecule has 0 heterocycles. The predicted molar refractivity (Wildman–Crippen MR) is 182 cm³/mol. The monoisotopic (exact) mass is 553 g/mol. The average Bonchev–Trinajstić information content (AvgIpc) is 2.92. The predicted octanol–water partition coefficient (Wildman–Crippen LogP) is 13.6. The molecular formula is C37H80N2. The second-order valence-corrected chi connectivity index (χ2v) is 12.9. The van der Waals surface area contributed by atoms with E-state index in [0.29, 0.717) is 0 Å². The van der Waals surface area contributed by atoms with E-state index in [4.69, 9.17) is 0 Å². The Morgan fingerprint density at radius 1 is 0.256 bits per heavy atom. The molecule has 0 radical (unpaired) electrons. The molecule has 0 atom stereocenters. The molecule has 3 N–H and O–H groups in total. The van der Waals surface area contributed by atoms with Crippen LogP contribution in [0.25, 0.3) is 0 Å². The summed E-state index contributed by atoms with van der Waals surface area (Å²) in [6.45, 7) is 7.25. The van der Waals surface area contributed by atoms with Crippen molar-refractivity contribution < 1.29 is 0 Å². The van der Waals surface area contributed by atoms with Crippen molar-refractivity contribution in [3.8, 4) is 0 Å². The first-order valence-corrected chi connectivity index (χ1v) is 18.5. The summed E-state index contributed by atoms with van der Waals surface area (Å²) in [5, 5.41) is 0. The van der Waals surface area contributed by atoms with Gasteiger partial charge in [0.25, 0.3) is 0 Å². The maximum absolute atomic E-state index is 2.59. The summed E-state index contributed by atoms with van der Waals surface area (Å²) in [4.78, 5) is 2.59. The van der Waals surface area contributed by atoms with Crippen LogP contribution in [-0.4, -0.2) is 25.0 Å². The van der Waals surface area contributed by atoms with E-state index in [1.165, 1.54) is 219 Å². The van der Waals surface area contributed by atoms with E-state index in [2.05, 4.69) is 25.8 Å². The number of hydrogen-bond acceptors (Lipinski definition) is 2. The molecule has 0 aliphatic carbocycles. The largest absolute Gasteiger partial charge is 0.344 e. The highest BCUT2D eigenvalue weighted by Crippen LogP contribution is 2.15. The van der Waals surface area contributed by atoms with E-state index in [1.54, 1.807) is 0 Å². The van der Waals surface area contributed by atoms with Gasteiger partial charge in [0.1, 0.15) is 0 Å². The topological polar surface area (TPSA) is 38.2 Å². The average molecular weight is 553 g/mol. The molecule has 0 saturated carbocycles. The first kappa shape index (κ1) is 41.1. The lowest BCUT2D eigenvalue weighted by molar-refractivity contribution is 0.314. The SMILES string of the molecule is CCCCCCCCCCCCCCCCCCN(C)CCCCCCCCCCCCCCCCCC.N. The van der Waals surface area contributed by atoms with Crippen LogP contribution < -0.4 is 6.15 Å². The van der Waals surface area contributed by atoms with Crippen LogP contribution in [-0.2, 0) is 0 Å². The zero-order valence-corrected chi connectivity index (χ0v) is 28.2. The molecule has 0 rings (SSSR count). The van der Waals surface area contributed by atoms with Gasteiger partial charge in [-0.25, -0.2) is 0 Å². The fraction of sp³-hybridized carbons (Fsp3) is 1.00. The van der Waals surface area contributed by atoms with Gasteiger partial charge in [-0.15, -0.1) is 0 Å². The van der Waals surface area contributed by atoms with E-state index >= 15 is 0 Å². The maximum atomic E-state index is 2.59. The van der Waals surface area contributed by atoms with Gasteiger partial charge in [0, 0.05) is 0 Å². The van der Waals surface area contributed by atoms with Gasteiger partial charge in [-0.05, 0) is 33.0 Å². The smallest absolute Gasteiger partial charge is 0.00218 e. The molecule has 0 amide bonds. The standard InChI is InChI=1S/C37H77N.H3N/c1-4-6-8-10-12-14-16-18-20-22-24-26-28-30-32-34-36-38(3)37-35-33-31-29-27-25-23-21-19-17-15-13-11-9-7-5-2;/h4-37H2,1-3H3;1H3. The third-order valence-electron chi connectivity index (χ3n) is 8.79. The van der Waals surface area contributed by atoms with Crippen molar-refractivity contribution in [1.82, 2.24) is 11.1 Å². The van der Waals surface area contributed by atoms with Crippen molar-refractivity contribution >= 4 is 0 Å². The molecular weight excluding hydrogens is 472 g/mol. The van der Waals surface area contributed by atoms with Crippen molar-refractivity contribution in [3.05, 3.63) is 0 Å². The summed E-state index contributed by atoms with van der Waals surface area (Å²) in [7, 11) is 2.34. The van der Waals surface area contributed by atoms with Crippen LogP contribution in [0, 0.1) is 0 Å². The lowest BCUT2D eigenvalue weighted by Gasteiger charge is -2.16. The van der Waals surface area contributed by atoms with E-state index < -0.39 is 0 Å². The van der Waals surface area contributed by atoms with Crippen LogP contribution in [0.3, 0.4) is 0 Å². The highest BCUT2D eigenvalue weighted by molar-refractivity contribution is 4.55. The molecule has 39 heavy (non-hydrogen) atoms. The number of hydrogen-bond donors (Lipinski definition) is 1. The lowest BCUT2D eigenvalue weighted by Crippen LogP contribution is -2.20. The van der Waals surface area contributed by atoms with E-state index in [9.17, 15) is 0 Å². The Morgan fingerprint density at radius 3 is 0.590 bits per heavy atom. The second-order valence-electron chi connectivity index (χ2n) is 12.9. The minimum atomic E-state index is 0. The highest BCUT2D eigenvalue weighted by atomic mass is 15.1. The molecule has 0 spiro atoms. The van der Waals surface area contributed by atoms with Gasteiger partial charge in [-0.1, -0.05) is 206 Å². The van der Waals surface area contributed by atoms with Crippen molar-refractivity contribution in [2.24, 2.45) is 0 Å². The second kappa shape index (κ2) is 37.9. The van der Waals surface area contributed by atoms with E-state index in [0.717, 1.165) is 0 Å². The Labute approximate surface area is 250 Å². The molecule has 0 aromatic heterocycles. The van der Waals surface area contributed by atoms with Gasteiger partial charge < -0.3 is 11.1 Å². The van der Waals surface area contributed by atoms with Crippen molar-refractivity contribution in [1.29, 1.82) is 0 Å². The van der Waals surface area contributed by atoms with E-state index in [-0.39, 0.29) is 6.15 Å². The molecule has 2 heteroatoms. The first-order valence-electron chi connectivity index (χ1n) is 18.5. The summed E-state index contributed by atoms with van der Waals surface area (Å²) >= 11 is 0. The molecule has 2 nitrogen and oxygen atoms in total. The number of rotatable bonds is 34. The van der Waals surface area contributed by atoms with Crippen molar-refractivity contribution in [2.75, 3.05) is 20.1 Å². The van der Waals surface area contributed by atoms with Crippen LogP contribution >= 0.6 is 0 Å². The number of nitrogens with zero attached hydrogens (tertiary/aromatic N) is 1. The van der Waals surface area contributed by atoms with Gasteiger partial charge in [-0.2, -0.15) is 0 Å². The maximum Gasteiger partial charge on any atom is -0.00218 e. The van der Waals surface area contributed by atoms with Gasteiger partial charge >= 0.3 is 0 Å². The third-order valence-corrected chi connectivity index (χ3v) is 8.79. The summed E-state index contributed by atoms with van der Waals surface area (Å²) < 4.78 is 0. The first-order chi connectivity index (χ1) is 18.8. The minimum Gasteiger partial charge on any atom is -0.344 e. The molecule has 0 unspecified atom stereocenters. The van der Waals surface area contributed by atoms with Gasteiger partial charge in [0.15, 0.2) is 0 Å². The fourth-order valence-electron chi connectivity index (χ4n) is 5.97. The molecule has 0 saturated heterocycles. The zero-order chi connectivity index (χ0) is 27.6. The van der Waals surface area contributed by atoms with Gasteiger partial charge in [-0.3, -0.25) is 0 Å². The van der Waals surface area contributed by atoms with Crippen LogP contribution in [0.5, 0.6) is 0 Å². The Hall–Kier alpha value is -0.0800. The molecule has 0 aromatic carbocycles. The van der Waals surface area contributed by atoms with E-state index in [1.807, 2.05) is 0 Å². The molecule has 0 aliphatic rings. The van der Waals surface area contributed by atoms with Crippen LogP contribution in [0.2, 0.25) is 0 Å². The summed E-state index contributed by atoms with van der Waals surface area (Å²) in [6, 6.07) is 0. The van der Waals surface area contributed by atoms with Crippen LogP contribution in [0.15, 0.2) is 0 Å². The van der Waals surface area contributed by atoms with Crippen molar-refractivity contribution in [2.45, 2.75) is 219 Å².